The molecule has 0 aromatic heterocycles. The largest absolute Gasteiger partial charge is 0.494 e. The highest BCUT2D eigenvalue weighted by atomic mass is 16.5. The lowest BCUT2D eigenvalue weighted by molar-refractivity contribution is 0.142. The standard InChI is InChI=1S/C18H27N3O3/c22-18(23)21-13-11-20(12-14-21)16-4-6-17(7-5-16)24-15-3-10-19-8-1-2-9-19/h4-7H,1-3,8-15H2,(H,22,23). The molecule has 0 unspecified atom stereocenters. The Labute approximate surface area is 143 Å². The summed E-state index contributed by atoms with van der Waals surface area (Å²) >= 11 is 0. The molecular weight excluding hydrogens is 306 g/mol. The first-order chi connectivity index (χ1) is 11.7. The number of benzene rings is 1. The van der Waals surface area contributed by atoms with Gasteiger partial charge in [-0.1, -0.05) is 0 Å². The second-order valence-electron chi connectivity index (χ2n) is 6.50. The Hall–Kier alpha value is -1.95. The minimum absolute atomic E-state index is 0.560. The molecule has 0 aliphatic carbocycles. The zero-order valence-electron chi connectivity index (χ0n) is 14.2. The molecule has 2 saturated heterocycles. The Morgan fingerprint density at radius 2 is 1.67 bits per heavy atom. The van der Waals surface area contributed by atoms with Crippen LogP contribution in [0.4, 0.5) is 10.5 Å². The number of rotatable bonds is 6. The average molecular weight is 333 g/mol. The molecule has 2 fully saturated rings. The van der Waals surface area contributed by atoms with Gasteiger partial charge in [-0.3, -0.25) is 0 Å². The van der Waals surface area contributed by atoms with Crippen molar-refractivity contribution in [3.8, 4) is 5.75 Å². The zero-order valence-corrected chi connectivity index (χ0v) is 14.2. The van der Waals surface area contributed by atoms with Gasteiger partial charge in [0.15, 0.2) is 0 Å². The van der Waals surface area contributed by atoms with Crippen molar-refractivity contribution in [2.75, 3.05) is 57.3 Å². The third-order valence-corrected chi connectivity index (χ3v) is 4.84. The fourth-order valence-electron chi connectivity index (χ4n) is 3.39. The van der Waals surface area contributed by atoms with Crippen LogP contribution in [0.15, 0.2) is 24.3 Å². The van der Waals surface area contributed by atoms with E-state index in [1.54, 1.807) is 0 Å². The van der Waals surface area contributed by atoms with Crippen LogP contribution in [-0.4, -0.2) is 73.4 Å². The molecule has 1 amide bonds. The van der Waals surface area contributed by atoms with Gasteiger partial charge in [0.2, 0.25) is 0 Å². The Balaban J connectivity index is 1.39. The maximum absolute atomic E-state index is 10.9. The van der Waals surface area contributed by atoms with Crippen LogP contribution in [0.5, 0.6) is 5.75 Å². The van der Waals surface area contributed by atoms with E-state index in [9.17, 15) is 4.79 Å². The number of likely N-dealkylation sites (tertiary alicyclic amines) is 1. The van der Waals surface area contributed by atoms with E-state index in [0.29, 0.717) is 13.1 Å². The molecular formula is C18H27N3O3. The van der Waals surface area contributed by atoms with Gasteiger partial charge in [0.1, 0.15) is 5.75 Å². The number of piperazine rings is 1. The molecule has 0 saturated carbocycles. The second kappa shape index (κ2) is 8.24. The van der Waals surface area contributed by atoms with E-state index in [-0.39, 0.29) is 0 Å². The minimum atomic E-state index is -0.827. The third-order valence-electron chi connectivity index (χ3n) is 4.84. The van der Waals surface area contributed by atoms with Crippen LogP contribution in [0, 0.1) is 0 Å². The second-order valence-corrected chi connectivity index (χ2v) is 6.50. The number of carbonyl (C=O) groups is 1. The van der Waals surface area contributed by atoms with E-state index in [2.05, 4.69) is 21.9 Å². The Kier molecular flexibility index (Phi) is 5.80. The molecule has 132 valence electrons. The van der Waals surface area contributed by atoms with Crippen LogP contribution in [0.2, 0.25) is 0 Å². The summed E-state index contributed by atoms with van der Waals surface area (Å²) in [5.74, 6) is 0.907. The molecule has 1 aromatic rings. The Morgan fingerprint density at radius 3 is 2.29 bits per heavy atom. The van der Waals surface area contributed by atoms with E-state index in [1.165, 1.54) is 30.8 Å². The van der Waals surface area contributed by atoms with Crippen LogP contribution < -0.4 is 9.64 Å². The maximum atomic E-state index is 10.9. The summed E-state index contributed by atoms with van der Waals surface area (Å²) in [6, 6.07) is 8.14. The highest BCUT2D eigenvalue weighted by molar-refractivity contribution is 5.65. The van der Waals surface area contributed by atoms with Crippen molar-refractivity contribution in [1.82, 2.24) is 9.80 Å². The van der Waals surface area contributed by atoms with Crippen LogP contribution in [-0.2, 0) is 0 Å². The van der Waals surface area contributed by atoms with Gasteiger partial charge in [0.25, 0.3) is 0 Å². The fraction of sp³-hybridized carbons (Fsp3) is 0.611. The molecule has 1 N–H and O–H groups in total. The van der Waals surface area contributed by atoms with Crippen molar-refractivity contribution >= 4 is 11.8 Å². The summed E-state index contributed by atoms with van der Waals surface area (Å²) in [6.45, 7) is 6.96. The third kappa shape index (κ3) is 4.54. The van der Waals surface area contributed by atoms with Gasteiger partial charge in [0.05, 0.1) is 6.61 Å². The van der Waals surface area contributed by atoms with Crippen molar-refractivity contribution in [1.29, 1.82) is 0 Å². The smallest absolute Gasteiger partial charge is 0.407 e. The summed E-state index contributed by atoms with van der Waals surface area (Å²) in [6.07, 6.45) is 2.91. The van der Waals surface area contributed by atoms with Crippen molar-refractivity contribution < 1.29 is 14.6 Å². The minimum Gasteiger partial charge on any atom is -0.494 e. The highest BCUT2D eigenvalue weighted by Gasteiger charge is 2.20. The molecule has 6 nitrogen and oxygen atoms in total. The number of carboxylic acid groups (broad SMARTS) is 1. The topological polar surface area (TPSA) is 56.3 Å². The normalized spacial score (nSPS) is 18.8. The van der Waals surface area contributed by atoms with Crippen LogP contribution >= 0.6 is 0 Å². The highest BCUT2D eigenvalue weighted by Crippen LogP contribution is 2.21. The number of anilines is 1. The lowest BCUT2D eigenvalue weighted by Gasteiger charge is -2.34. The van der Waals surface area contributed by atoms with Crippen molar-refractivity contribution in [2.24, 2.45) is 0 Å². The van der Waals surface area contributed by atoms with E-state index < -0.39 is 6.09 Å². The summed E-state index contributed by atoms with van der Waals surface area (Å²) < 4.78 is 5.83. The summed E-state index contributed by atoms with van der Waals surface area (Å²) in [7, 11) is 0. The molecule has 6 heteroatoms. The van der Waals surface area contributed by atoms with Crippen molar-refractivity contribution in [3.05, 3.63) is 24.3 Å². The monoisotopic (exact) mass is 333 g/mol. The predicted octanol–water partition coefficient (Wildman–Crippen LogP) is 2.35. The molecule has 0 spiro atoms. The SMILES string of the molecule is O=C(O)N1CCN(c2ccc(OCCCN3CCCC3)cc2)CC1. The average Bonchev–Trinajstić information content (AvgIpc) is 3.13. The van der Waals surface area contributed by atoms with Gasteiger partial charge in [-0.25, -0.2) is 4.79 Å². The van der Waals surface area contributed by atoms with Gasteiger partial charge in [-0.2, -0.15) is 0 Å². The molecule has 0 atom stereocenters. The molecule has 2 heterocycles. The molecule has 2 aliphatic rings. The van der Waals surface area contributed by atoms with Crippen LogP contribution in [0.25, 0.3) is 0 Å². The molecule has 1 aromatic carbocycles. The predicted molar refractivity (Wildman–Crippen MR) is 94.0 cm³/mol. The summed E-state index contributed by atoms with van der Waals surface area (Å²) in [5.41, 5.74) is 1.13. The van der Waals surface area contributed by atoms with Gasteiger partial charge < -0.3 is 24.5 Å². The summed E-state index contributed by atoms with van der Waals surface area (Å²) in [4.78, 5) is 17.1. The molecule has 0 bridgehead atoms. The lowest BCUT2D eigenvalue weighted by Crippen LogP contribution is -2.48. The Morgan fingerprint density at radius 1 is 1.00 bits per heavy atom. The molecule has 0 radical (unpaired) electrons. The van der Waals surface area contributed by atoms with E-state index in [1.807, 2.05) is 12.1 Å². The number of amides is 1. The first-order valence-corrected chi connectivity index (χ1v) is 8.90. The van der Waals surface area contributed by atoms with Crippen LogP contribution in [0.3, 0.4) is 0 Å². The Bertz CT molecular complexity index is 521. The van der Waals surface area contributed by atoms with Crippen LogP contribution in [0.1, 0.15) is 19.3 Å². The number of nitrogens with zero attached hydrogens (tertiary/aromatic N) is 3. The van der Waals surface area contributed by atoms with E-state index in [0.717, 1.165) is 44.1 Å². The zero-order chi connectivity index (χ0) is 16.8. The molecule has 24 heavy (non-hydrogen) atoms. The first kappa shape index (κ1) is 16.9. The maximum Gasteiger partial charge on any atom is 0.407 e. The van der Waals surface area contributed by atoms with E-state index >= 15 is 0 Å². The van der Waals surface area contributed by atoms with Gasteiger partial charge in [-0.15, -0.1) is 0 Å². The number of hydrogen-bond acceptors (Lipinski definition) is 4. The molecule has 3 rings (SSSR count). The lowest BCUT2D eigenvalue weighted by atomic mass is 10.2. The summed E-state index contributed by atoms with van der Waals surface area (Å²) in [5, 5.41) is 8.99. The quantitative estimate of drug-likeness (QED) is 0.810. The van der Waals surface area contributed by atoms with Gasteiger partial charge >= 0.3 is 6.09 Å². The number of ether oxygens (including phenoxy) is 1. The van der Waals surface area contributed by atoms with E-state index in [4.69, 9.17) is 9.84 Å². The van der Waals surface area contributed by atoms with Gasteiger partial charge in [0, 0.05) is 38.4 Å². The number of hydrogen-bond donors (Lipinski definition) is 1. The van der Waals surface area contributed by atoms with Gasteiger partial charge in [-0.05, 0) is 56.6 Å². The first-order valence-electron chi connectivity index (χ1n) is 8.90. The fourth-order valence-corrected chi connectivity index (χ4v) is 3.39. The molecule has 2 aliphatic heterocycles. The van der Waals surface area contributed by atoms with Crippen molar-refractivity contribution in [2.45, 2.75) is 19.3 Å². The van der Waals surface area contributed by atoms with Crippen molar-refractivity contribution in [3.63, 3.8) is 0 Å².